The summed E-state index contributed by atoms with van der Waals surface area (Å²) >= 11 is 0. The fraction of sp³-hybridized carbons (Fsp3) is 0.160. The summed E-state index contributed by atoms with van der Waals surface area (Å²) in [5, 5.41) is 4.68. The van der Waals surface area contributed by atoms with Crippen LogP contribution in [0.25, 0.3) is 11.0 Å². The van der Waals surface area contributed by atoms with Gasteiger partial charge in [-0.05, 0) is 30.3 Å². The molecule has 1 fully saturated rings. The lowest BCUT2D eigenvalue weighted by Gasteiger charge is -2.27. The summed E-state index contributed by atoms with van der Waals surface area (Å²) in [6.07, 6.45) is 2.91. The van der Waals surface area contributed by atoms with Crippen molar-refractivity contribution in [3.8, 4) is 0 Å². The number of amides is 2. The van der Waals surface area contributed by atoms with Crippen LogP contribution in [-0.4, -0.2) is 53.1 Å². The highest BCUT2D eigenvalue weighted by atomic mass is 19.2. The third-order valence-electron chi connectivity index (χ3n) is 5.60. The molecule has 1 aliphatic heterocycles. The van der Waals surface area contributed by atoms with Crippen LogP contribution in [0.2, 0.25) is 0 Å². The van der Waals surface area contributed by atoms with Gasteiger partial charge in [-0.25, -0.2) is 27.9 Å². The van der Waals surface area contributed by atoms with Crippen LogP contribution in [0.15, 0.2) is 54.9 Å². The molecule has 0 saturated carbocycles. The number of nitrogens with one attached hydrogen (secondary N) is 2. The van der Waals surface area contributed by atoms with Crippen LogP contribution < -0.4 is 15.5 Å². The van der Waals surface area contributed by atoms with E-state index in [2.05, 4.69) is 25.6 Å². The summed E-state index contributed by atoms with van der Waals surface area (Å²) in [5.74, 6) is -3.62. The van der Waals surface area contributed by atoms with E-state index in [1.165, 1.54) is 30.5 Å². The second-order valence-corrected chi connectivity index (χ2v) is 8.12. The molecule has 0 spiro atoms. The van der Waals surface area contributed by atoms with E-state index in [0.29, 0.717) is 43.2 Å². The Labute approximate surface area is 208 Å². The number of morpholine rings is 1. The van der Waals surface area contributed by atoms with Crippen LogP contribution in [0.5, 0.6) is 0 Å². The summed E-state index contributed by atoms with van der Waals surface area (Å²) in [4.78, 5) is 40.2. The maximum Gasteiger partial charge on any atom is 0.323 e. The van der Waals surface area contributed by atoms with Crippen LogP contribution >= 0.6 is 0 Å². The molecule has 12 heteroatoms. The Hall–Kier alpha value is -4.58. The van der Waals surface area contributed by atoms with Crippen molar-refractivity contribution in [2.75, 3.05) is 41.8 Å². The number of ether oxygens (including phenoxy) is 1. The van der Waals surface area contributed by atoms with Gasteiger partial charge in [0.05, 0.1) is 36.7 Å². The van der Waals surface area contributed by atoms with Gasteiger partial charge in [0, 0.05) is 30.5 Å². The third-order valence-corrected chi connectivity index (χ3v) is 5.60. The Bertz CT molecular complexity index is 1510. The molecule has 0 unspecified atom stereocenters. The summed E-state index contributed by atoms with van der Waals surface area (Å²) in [5.41, 5.74) is -0.0805. The van der Waals surface area contributed by atoms with E-state index < -0.39 is 34.8 Å². The molecule has 9 nitrogen and oxygen atoms in total. The van der Waals surface area contributed by atoms with E-state index in [-0.39, 0.29) is 17.1 Å². The van der Waals surface area contributed by atoms with Crippen molar-refractivity contribution in [3.63, 3.8) is 0 Å². The first kappa shape index (κ1) is 24.1. The molecule has 4 aromatic rings. The molecule has 0 bridgehead atoms. The summed E-state index contributed by atoms with van der Waals surface area (Å²) in [6, 6.07) is 7.35. The van der Waals surface area contributed by atoms with Gasteiger partial charge in [-0.2, -0.15) is 0 Å². The first-order valence-corrected chi connectivity index (χ1v) is 11.2. The van der Waals surface area contributed by atoms with Crippen molar-refractivity contribution < 1.29 is 27.5 Å². The van der Waals surface area contributed by atoms with Crippen LogP contribution in [0.4, 0.5) is 35.2 Å². The van der Waals surface area contributed by atoms with E-state index in [4.69, 9.17) is 4.74 Å². The Kier molecular flexibility index (Phi) is 6.64. The average molecular weight is 508 g/mol. The van der Waals surface area contributed by atoms with Gasteiger partial charge in [0.15, 0.2) is 11.6 Å². The number of carbonyl (C=O) groups excluding carboxylic acids is 2. The molecule has 37 heavy (non-hydrogen) atoms. The van der Waals surface area contributed by atoms with Crippen LogP contribution in [0.3, 0.4) is 0 Å². The zero-order valence-corrected chi connectivity index (χ0v) is 19.2. The highest BCUT2D eigenvalue weighted by molar-refractivity contribution is 6.10. The van der Waals surface area contributed by atoms with Crippen molar-refractivity contribution in [2.45, 2.75) is 0 Å². The molecule has 0 aliphatic carbocycles. The molecule has 3 heterocycles. The molecule has 2 N–H and O–H groups in total. The van der Waals surface area contributed by atoms with Gasteiger partial charge in [0.25, 0.3) is 0 Å². The predicted molar refractivity (Wildman–Crippen MR) is 129 cm³/mol. The molecular formula is C25H19F3N6O3. The van der Waals surface area contributed by atoms with Crippen molar-refractivity contribution >= 4 is 40.0 Å². The zero-order valence-electron chi connectivity index (χ0n) is 19.2. The maximum atomic E-state index is 14.6. The van der Waals surface area contributed by atoms with Crippen molar-refractivity contribution in [3.05, 3.63) is 83.6 Å². The van der Waals surface area contributed by atoms with E-state index in [0.717, 1.165) is 18.2 Å². The Morgan fingerprint density at radius 3 is 2.46 bits per heavy atom. The molecule has 2 aromatic heterocycles. The van der Waals surface area contributed by atoms with Gasteiger partial charge in [0.2, 0.25) is 5.78 Å². The van der Waals surface area contributed by atoms with Gasteiger partial charge in [-0.1, -0.05) is 6.07 Å². The van der Waals surface area contributed by atoms with Crippen molar-refractivity contribution in [2.24, 2.45) is 0 Å². The average Bonchev–Trinajstić information content (AvgIpc) is 2.90. The van der Waals surface area contributed by atoms with E-state index in [1.54, 1.807) is 6.20 Å². The number of ketones is 1. The molecule has 2 aromatic carbocycles. The molecular weight excluding hydrogens is 489 g/mol. The lowest BCUT2D eigenvalue weighted by atomic mass is 10.1. The number of halogens is 3. The van der Waals surface area contributed by atoms with E-state index >= 15 is 0 Å². The molecule has 0 atom stereocenters. The highest BCUT2D eigenvalue weighted by Crippen LogP contribution is 2.23. The first-order valence-electron chi connectivity index (χ1n) is 11.2. The van der Waals surface area contributed by atoms with Gasteiger partial charge in [-0.15, -0.1) is 0 Å². The fourth-order valence-electron chi connectivity index (χ4n) is 3.80. The molecule has 2 amide bonds. The SMILES string of the molecule is O=C(Nc1cccc(F)c1)Nc1cc(F)c(F)c(C(=O)c2cc3nc(N4CCOCC4)cnc3cn2)c1. The fourth-order valence-corrected chi connectivity index (χ4v) is 3.80. The summed E-state index contributed by atoms with van der Waals surface area (Å²) in [7, 11) is 0. The highest BCUT2D eigenvalue weighted by Gasteiger charge is 2.22. The molecule has 0 radical (unpaired) electrons. The van der Waals surface area contributed by atoms with E-state index in [1.807, 2.05) is 4.90 Å². The number of anilines is 3. The topological polar surface area (TPSA) is 109 Å². The van der Waals surface area contributed by atoms with Gasteiger partial charge >= 0.3 is 6.03 Å². The summed E-state index contributed by atoms with van der Waals surface area (Å²) < 4.78 is 47.7. The number of carbonyl (C=O) groups is 2. The monoisotopic (exact) mass is 508 g/mol. The van der Waals surface area contributed by atoms with Crippen molar-refractivity contribution in [1.82, 2.24) is 15.0 Å². The number of nitrogens with zero attached hydrogens (tertiary/aromatic N) is 4. The smallest absolute Gasteiger partial charge is 0.323 e. The molecule has 1 saturated heterocycles. The number of aromatic nitrogens is 3. The third kappa shape index (κ3) is 5.33. The number of pyridine rings is 1. The van der Waals surface area contributed by atoms with Crippen LogP contribution in [-0.2, 0) is 4.74 Å². The molecule has 1 aliphatic rings. The minimum Gasteiger partial charge on any atom is -0.378 e. The number of hydrogen-bond acceptors (Lipinski definition) is 7. The number of benzene rings is 2. The normalized spacial score (nSPS) is 13.4. The second kappa shape index (κ2) is 10.2. The van der Waals surface area contributed by atoms with E-state index in [9.17, 15) is 22.8 Å². The van der Waals surface area contributed by atoms with Gasteiger partial charge in [-0.3, -0.25) is 9.78 Å². The maximum absolute atomic E-state index is 14.6. The number of fused-ring (bicyclic) bond motifs is 1. The lowest BCUT2D eigenvalue weighted by Crippen LogP contribution is -2.36. The molecule has 188 valence electrons. The minimum atomic E-state index is -1.39. The van der Waals surface area contributed by atoms with Crippen molar-refractivity contribution in [1.29, 1.82) is 0 Å². The number of hydrogen-bond donors (Lipinski definition) is 2. The Balaban J connectivity index is 1.40. The minimum absolute atomic E-state index is 0.148. The molecule has 5 rings (SSSR count). The predicted octanol–water partition coefficient (Wildman–Crippen LogP) is 4.15. The summed E-state index contributed by atoms with van der Waals surface area (Å²) in [6.45, 7) is 2.37. The Morgan fingerprint density at radius 1 is 0.892 bits per heavy atom. The van der Waals surface area contributed by atoms with Crippen LogP contribution in [0, 0.1) is 17.5 Å². The second-order valence-electron chi connectivity index (χ2n) is 8.12. The quantitative estimate of drug-likeness (QED) is 0.390. The Morgan fingerprint density at radius 2 is 1.68 bits per heavy atom. The lowest BCUT2D eigenvalue weighted by molar-refractivity contribution is 0.102. The largest absolute Gasteiger partial charge is 0.378 e. The number of rotatable bonds is 5. The van der Waals surface area contributed by atoms with Gasteiger partial charge in [0.1, 0.15) is 22.8 Å². The standard InChI is InChI=1S/C25H19F3N6O3/c26-14-2-1-3-15(8-14)31-25(36)32-16-9-17(23(28)18(27)10-16)24(35)20-11-19-21(12-29-20)30-13-22(33-19)34-4-6-37-7-5-34/h1-3,8-13H,4-7H2,(H2,31,32,36). The number of urea groups is 1. The van der Waals surface area contributed by atoms with Crippen LogP contribution in [0.1, 0.15) is 16.1 Å². The van der Waals surface area contributed by atoms with Gasteiger partial charge < -0.3 is 20.3 Å². The zero-order chi connectivity index (χ0) is 25.9. The first-order chi connectivity index (χ1) is 17.9.